The van der Waals surface area contributed by atoms with Gasteiger partial charge in [-0.1, -0.05) is 0 Å². The van der Waals surface area contributed by atoms with Gasteiger partial charge in [0.05, 0.1) is 6.61 Å². The first-order valence-electron chi connectivity index (χ1n) is 6.09. The van der Waals surface area contributed by atoms with E-state index in [4.69, 9.17) is 5.11 Å². The first-order chi connectivity index (χ1) is 7.79. The Morgan fingerprint density at radius 3 is 2.75 bits per heavy atom. The quantitative estimate of drug-likeness (QED) is 0.815. The molecule has 0 aliphatic carbocycles. The van der Waals surface area contributed by atoms with Crippen LogP contribution >= 0.6 is 0 Å². The minimum atomic E-state index is 0.282. The Balaban J connectivity index is 1.79. The second-order valence-electron chi connectivity index (χ2n) is 4.67. The average Bonchev–Trinajstić information content (AvgIpc) is 2.68. The van der Waals surface area contributed by atoms with Gasteiger partial charge in [-0.15, -0.1) is 0 Å². The van der Waals surface area contributed by atoms with Crippen molar-refractivity contribution in [2.45, 2.75) is 19.3 Å². The molecule has 2 heterocycles. The summed E-state index contributed by atoms with van der Waals surface area (Å²) < 4.78 is 2.11. The zero-order valence-electron chi connectivity index (χ0n) is 9.97. The summed E-state index contributed by atoms with van der Waals surface area (Å²) in [4.78, 5) is 6.72. The number of likely N-dealkylation sites (tertiary alicyclic amines) is 1. The van der Waals surface area contributed by atoms with Crippen molar-refractivity contribution in [3.63, 3.8) is 0 Å². The summed E-state index contributed by atoms with van der Waals surface area (Å²) in [6.07, 6.45) is 7.43. The summed E-state index contributed by atoms with van der Waals surface area (Å²) >= 11 is 0. The predicted octanol–water partition coefficient (Wildman–Crippen LogP) is 0.667. The van der Waals surface area contributed by atoms with Gasteiger partial charge in [0, 0.05) is 32.4 Å². The molecule has 1 aliphatic heterocycles. The third-order valence-corrected chi connectivity index (χ3v) is 3.52. The molecule has 0 atom stereocenters. The number of aliphatic hydroxyl groups excluding tert-OH is 1. The smallest absolute Gasteiger partial charge is 0.108 e. The highest BCUT2D eigenvalue weighted by Gasteiger charge is 2.20. The van der Waals surface area contributed by atoms with E-state index in [1.165, 1.54) is 18.7 Å². The number of hydrogen-bond donors (Lipinski definition) is 1. The number of rotatable bonds is 4. The van der Waals surface area contributed by atoms with E-state index in [2.05, 4.69) is 21.5 Å². The molecule has 1 aromatic heterocycles. The van der Waals surface area contributed by atoms with Gasteiger partial charge >= 0.3 is 0 Å². The highest BCUT2D eigenvalue weighted by molar-refractivity contribution is 4.93. The van der Waals surface area contributed by atoms with E-state index < -0.39 is 0 Å². The molecule has 90 valence electrons. The monoisotopic (exact) mass is 223 g/mol. The van der Waals surface area contributed by atoms with E-state index in [0.29, 0.717) is 0 Å². The topological polar surface area (TPSA) is 41.3 Å². The molecule has 0 radical (unpaired) electrons. The van der Waals surface area contributed by atoms with Crippen molar-refractivity contribution >= 4 is 0 Å². The summed E-state index contributed by atoms with van der Waals surface area (Å²) in [5, 5.41) is 8.87. The standard InChI is InChI=1S/C12H21N3O/c1-14-7-4-13-12(14)10-11-2-5-15(6-3-11)8-9-16/h4,7,11,16H,2-3,5-6,8-10H2,1H3. The summed E-state index contributed by atoms with van der Waals surface area (Å²) in [6, 6.07) is 0. The number of aliphatic hydroxyl groups is 1. The SMILES string of the molecule is Cn1ccnc1CC1CCN(CCO)CC1. The van der Waals surface area contributed by atoms with E-state index in [1.54, 1.807) is 0 Å². The van der Waals surface area contributed by atoms with Gasteiger partial charge in [-0.3, -0.25) is 0 Å². The maximum absolute atomic E-state index is 8.87. The fraction of sp³-hybridized carbons (Fsp3) is 0.750. The molecular formula is C12H21N3O. The molecule has 1 aliphatic rings. The lowest BCUT2D eigenvalue weighted by Crippen LogP contribution is -2.36. The zero-order valence-corrected chi connectivity index (χ0v) is 9.97. The van der Waals surface area contributed by atoms with E-state index in [1.807, 2.05) is 12.4 Å². The molecule has 4 heteroatoms. The van der Waals surface area contributed by atoms with Crippen molar-refractivity contribution in [1.82, 2.24) is 14.5 Å². The largest absolute Gasteiger partial charge is 0.395 e. The van der Waals surface area contributed by atoms with Gasteiger partial charge in [0.25, 0.3) is 0 Å². The molecule has 1 saturated heterocycles. The van der Waals surface area contributed by atoms with Gasteiger partial charge in [-0.05, 0) is 31.8 Å². The number of piperidine rings is 1. The summed E-state index contributed by atoms with van der Waals surface area (Å²) in [7, 11) is 2.06. The van der Waals surface area contributed by atoms with Crippen molar-refractivity contribution in [2.24, 2.45) is 13.0 Å². The number of β-amino-alcohol motifs (C(OH)–C–C–N with tert-alkyl or cyclic N) is 1. The predicted molar refractivity (Wildman–Crippen MR) is 63.2 cm³/mol. The molecule has 1 N–H and O–H groups in total. The van der Waals surface area contributed by atoms with Gasteiger partial charge in [0.1, 0.15) is 5.82 Å². The van der Waals surface area contributed by atoms with Crippen LogP contribution in [0.1, 0.15) is 18.7 Å². The Hall–Kier alpha value is -0.870. The molecule has 0 bridgehead atoms. The molecule has 0 unspecified atom stereocenters. The summed E-state index contributed by atoms with van der Waals surface area (Å²) in [5.41, 5.74) is 0. The van der Waals surface area contributed by atoms with E-state index >= 15 is 0 Å². The van der Waals surface area contributed by atoms with Gasteiger partial charge in [-0.2, -0.15) is 0 Å². The fourth-order valence-electron chi connectivity index (χ4n) is 2.41. The minimum absolute atomic E-state index is 0.282. The first kappa shape index (κ1) is 11.6. The van der Waals surface area contributed by atoms with Crippen LogP contribution in [0.25, 0.3) is 0 Å². The molecule has 1 fully saturated rings. The molecule has 4 nitrogen and oxygen atoms in total. The van der Waals surface area contributed by atoms with E-state index in [9.17, 15) is 0 Å². The lowest BCUT2D eigenvalue weighted by atomic mass is 9.93. The molecule has 16 heavy (non-hydrogen) atoms. The third-order valence-electron chi connectivity index (χ3n) is 3.52. The Morgan fingerprint density at radius 1 is 1.44 bits per heavy atom. The maximum atomic E-state index is 8.87. The van der Waals surface area contributed by atoms with Gasteiger partial charge < -0.3 is 14.6 Å². The van der Waals surface area contributed by atoms with Crippen LogP contribution in [-0.4, -0.2) is 45.8 Å². The average molecular weight is 223 g/mol. The Bertz CT molecular complexity index is 316. The van der Waals surface area contributed by atoms with Crippen LogP contribution in [-0.2, 0) is 13.5 Å². The molecule has 2 rings (SSSR count). The number of aryl methyl sites for hydroxylation is 1. The molecule has 0 saturated carbocycles. The Kier molecular flexibility index (Phi) is 3.96. The molecule has 0 amide bonds. The van der Waals surface area contributed by atoms with Crippen LogP contribution in [0.4, 0.5) is 0 Å². The fourth-order valence-corrected chi connectivity index (χ4v) is 2.41. The van der Waals surface area contributed by atoms with Crippen molar-refractivity contribution in [3.05, 3.63) is 18.2 Å². The molecule has 1 aromatic rings. The molecule has 0 aromatic carbocycles. The van der Waals surface area contributed by atoms with Crippen molar-refractivity contribution < 1.29 is 5.11 Å². The number of imidazole rings is 1. The second kappa shape index (κ2) is 5.46. The highest BCUT2D eigenvalue weighted by Crippen LogP contribution is 2.20. The van der Waals surface area contributed by atoms with Crippen LogP contribution in [0, 0.1) is 5.92 Å². The number of hydrogen-bond acceptors (Lipinski definition) is 3. The first-order valence-corrected chi connectivity index (χ1v) is 6.09. The van der Waals surface area contributed by atoms with Crippen LogP contribution in [0.15, 0.2) is 12.4 Å². The van der Waals surface area contributed by atoms with Crippen LogP contribution in [0.5, 0.6) is 0 Å². The van der Waals surface area contributed by atoms with E-state index in [-0.39, 0.29) is 6.61 Å². The highest BCUT2D eigenvalue weighted by atomic mass is 16.3. The number of nitrogens with zero attached hydrogens (tertiary/aromatic N) is 3. The summed E-state index contributed by atoms with van der Waals surface area (Å²) in [5.74, 6) is 1.96. The second-order valence-corrected chi connectivity index (χ2v) is 4.67. The summed E-state index contributed by atoms with van der Waals surface area (Å²) in [6.45, 7) is 3.35. The van der Waals surface area contributed by atoms with Crippen LogP contribution in [0.2, 0.25) is 0 Å². The molecular weight excluding hydrogens is 202 g/mol. The lowest BCUT2D eigenvalue weighted by molar-refractivity contribution is 0.146. The Labute approximate surface area is 96.9 Å². The maximum Gasteiger partial charge on any atom is 0.108 e. The van der Waals surface area contributed by atoms with Crippen LogP contribution in [0.3, 0.4) is 0 Å². The van der Waals surface area contributed by atoms with Crippen LogP contribution < -0.4 is 0 Å². The third kappa shape index (κ3) is 2.83. The zero-order chi connectivity index (χ0) is 11.4. The number of aromatic nitrogens is 2. The van der Waals surface area contributed by atoms with Crippen molar-refractivity contribution in [3.8, 4) is 0 Å². The Morgan fingerprint density at radius 2 is 2.19 bits per heavy atom. The molecule has 0 spiro atoms. The van der Waals surface area contributed by atoms with E-state index in [0.717, 1.165) is 32.0 Å². The normalized spacial score (nSPS) is 19.1. The van der Waals surface area contributed by atoms with Gasteiger partial charge in [0.2, 0.25) is 0 Å². The van der Waals surface area contributed by atoms with Gasteiger partial charge in [0.15, 0.2) is 0 Å². The lowest BCUT2D eigenvalue weighted by Gasteiger charge is -2.31. The van der Waals surface area contributed by atoms with Gasteiger partial charge in [-0.25, -0.2) is 4.98 Å². The van der Waals surface area contributed by atoms with Crippen molar-refractivity contribution in [2.75, 3.05) is 26.2 Å². The minimum Gasteiger partial charge on any atom is -0.395 e. The van der Waals surface area contributed by atoms with Crippen molar-refractivity contribution in [1.29, 1.82) is 0 Å².